The molecule has 0 N–H and O–H groups in total. The van der Waals surface area contributed by atoms with Gasteiger partial charge in [0.25, 0.3) is 0 Å². The number of carbonyl (C=O) groups excluding carboxylic acids is 2. The van der Waals surface area contributed by atoms with Crippen molar-refractivity contribution in [3.8, 4) is 0 Å². The van der Waals surface area contributed by atoms with Gasteiger partial charge in [0.1, 0.15) is 17.9 Å². The maximum absolute atomic E-state index is 11.6. The van der Waals surface area contributed by atoms with Crippen molar-refractivity contribution in [3.05, 3.63) is 59.5 Å². The van der Waals surface area contributed by atoms with Gasteiger partial charge in [0.2, 0.25) is 6.79 Å². The first kappa shape index (κ1) is 15.8. The molecule has 22 heavy (non-hydrogen) atoms. The third kappa shape index (κ3) is 5.09. The summed E-state index contributed by atoms with van der Waals surface area (Å²) in [6.07, 6.45) is 0.943. The summed E-state index contributed by atoms with van der Waals surface area (Å²) in [7, 11) is 0. The standard InChI is InChI=1S/C17H18O5/c1-2-14-8-9-15(22-14)11-17(19)21-12-20-16(18)10-13-6-4-3-5-7-13/h3-9H,2,10-12H2,1H3. The number of rotatable bonds is 7. The first-order chi connectivity index (χ1) is 10.7. The van der Waals surface area contributed by atoms with Crippen LogP contribution in [0.2, 0.25) is 0 Å². The quantitative estimate of drug-likeness (QED) is 0.581. The first-order valence-corrected chi connectivity index (χ1v) is 7.10. The van der Waals surface area contributed by atoms with Crippen molar-refractivity contribution in [2.24, 2.45) is 0 Å². The predicted octanol–water partition coefficient (Wildman–Crippen LogP) is 2.67. The molecule has 0 fully saturated rings. The fraction of sp³-hybridized carbons (Fsp3) is 0.294. The van der Waals surface area contributed by atoms with E-state index < -0.39 is 11.9 Å². The van der Waals surface area contributed by atoms with Gasteiger partial charge in [0, 0.05) is 6.42 Å². The van der Waals surface area contributed by atoms with Gasteiger partial charge in [-0.2, -0.15) is 0 Å². The first-order valence-electron chi connectivity index (χ1n) is 7.10. The Morgan fingerprint density at radius 1 is 0.909 bits per heavy atom. The highest BCUT2D eigenvalue weighted by Gasteiger charge is 2.10. The summed E-state index contributed by atoms with van der Waals surface area (Å²) in [5, 5.41) is 0. The Bertz CT molecular complexity index is 615. The Morgan fingerprint density at radius 3 is 2.18 bits per heavy atom. The average Bonchev–Trinajstić information content (AvgIpc) is 2.95. The largest absolute Gasteiger partial charge is 0.465 e. The molecule has 2 rings (SSSR count). The summed E-state index contributed by atoms with van der Waals surface area (Å²) in [6, 6.07) is 12.8. The molecule has 116 valence electrons. The van der Waals surface area contributed by atoms with Crippen molar-refractivity contribution in [2.45, 2.75) is 26.2 Å². The zero-order valence-corrected chi connectivity index (χ0v) is 12.4. The van der Waals surface area contributed by atoms with Crippen molar-refractivity contribution in [1.82, 2.24) is 0 Å². The van der Waals surface area contributed by atoms with Crippen LogP contribution in [-0.2, 0) is 38.3 Å². The minimum Gasteiger partial charge on any atom is -0.465 e. The number of ether oxygens (including phenoxy) is 2. The topological polar surface area (TPSA) is 65.7 Å². The van der Waals surface area contributed by atoms with Crippen molar-refractivity contribution in [1.29, 1.82) is 0 Å². The van der Waals surface area contributed by atoms with Gasteiger partial charge in [-0.25, -0.2) is 0 Å². The second-order valence-electron chi connectivity index (χ2n) is 4.71. The molecular formula is C17H18O5. The van der Waals surface area contributed by atoms with Gasteiger partial charge in [-0.1, -0.05) is 37.3 Å². The van der Waals surface area contributed by atoms with E-state index in [1.165, 1.54) is 0 Å². The van der Waals surface area contributed by atoms with Crippen molar-refractivity contribution in [2.75, 3.05) is 6.79 Å². The van der Waals surface area contributed by atoms with Crippen LogP contribution in [0.15, 0.2) is 46.9 Å². The van der Waals surface area contributed by atoms with E-state index in [9.17, 15) is 9.59 Å². The lowest BCUT2D eigenvalue weighted by Gasteiger charge is -2.05. The predicted molar refractivity (Wildman–Crippen MR) is 79.0 cm³/mol. The zero-order chi connectivity index (χ0) is 15.8. The van der Waals surface area contributed by atoms with Gasteiger partial charge in [-0.15, -0.1) is 0 Å². The molecule has 0 amide bonds. The van der Waals surface area contributed by atoms with Crippen LogP contribution in [0, 0.1) is 0 Å². The summed E-state index contributed by atoms with van der Waals surface area (Å²) < 4.78 is 15.1. The molecule has 0 aliphatic rings. The van der Waals surface area contributed by atoms with E-state index >= 15 is 0 Å². The van der Waals surface area contributed by atoms with E-state index in [2.05, 4.69) is 0 Å². The molecule has 0 radical (unpaired) electrons. The molecule has 0 saturated heterocycles. The molecule has 0 atom stereocenters. The minimum absolute atomic E-state index is 0.0240. The number of hydrogen-bond donors (Lipinski definition) is 0. The van der Waals surface area contributed by atoms with Gasteiger partial charge in [0.15, 0.2) is 0 Å². The highest BCUT2D eigenvalue weighted by molar-refractivity contribution is 5.73. The Balaban J connectivity index is 1.67. The molecule has 1 aromatic carbocycles. The Morgan fingerprint density at radius 2 is 1.55 bits per heavy atom. The lowest BCUT2D eigenvalue weighted by atomic mass is 10.2. The number of esters is 2. The van der Waals surface area contributed by atoms with Gasteiger partial charge < -0.3 is 13.9 Å². The highest BCUT2D eigenvalue weighted by atomic mass is 16.7. The summed E-state index contributed by atoms with van der Waals surface area (Å²) in [5.41, 5.74) is 0.849. The van der Waals surface area contributed by atoms with Crippen LogP contribution >= 0.6 is 0 Å². The van der Waals surface area contributed by atoms with E-state index in [-0.39, 0.29) is 19.6 Å². The minimum atomic E-state index is -0.496. The lowest BCUT2D eigenvalue weighted by molar-refractivity contribution is -0.166. The van der Waals surface area contributed by atoms with Crippen LogP contribution in [0.25, 0.3) is 0 Å². The van der Waals surface area contributed by atoms with Crippen molar-refractivity contribution < 1.29 is 23.5 Å². The number of hydrogen-bond acceptors (Lipinski definition) is 5. The molecule has 0 aliphatic heterocycles. The van der Waals surface area contributed by atoms with Gasteiger partial charge in [-0.05, 0) is 17.7 Å². The molecule has 0 spiro atoms. The Kier molecular flexibility index (Phi) is 5.77. The van der Waals surface area contributed by atoms with Crippen LogP contribution in [0.5, 0.6) is 0 Å². The Hall–Kier alpha value is -2.56. The molecule has 0 unspecified atom stereocenters. The van der Waals surface area contributed by atoms with E-state index in [4.69, 9.17) is 13.9 Å². The van der Waals surface area contributed by atoms with E-state index in [0.29, 0.717) is 5.76 Å². The fourth-order valence-electron chi connectivity index (χ4n) is 1.88. The maximum atomic E-state index is 11.6. The molecule has 2 aromatic rings. The third-order valence-electron chi connectivity index (χ3n) is 3.02. The fourth-order valence-corrected chi connectivity index (χ4v) is 1.88. The third-order valence-corrected chi connectivity index (χ3v) is 3.02. The number of carbonyl (C=O) groups is 2. The molecular weight excluding hydrogens is 284 g/mol. The zero-order valence-electron chi connectivity index (χ0n) is 12.4. The molecule has 5 nitrogen and oxygen atoms in total. The van der Waals surface area contributed by atoms with Crippen molar-refractivity contribution in [3.63, 3.8) is 0 Å². The van der Waals surface area contributed by atoms with Crippen LogP contribution in [0.4, 0.5) is 0 Å². The second kappa shape index (κ2) is 8.02. The lowest BCUT2D eigenvalue weighted by Crippen LogP contribution is -2.15. The van der Waals surface area contributed by atoms with Gasteiger partial charge in [0.05, 0.1) is 6.42 Å². The SMILES string of the molecule is CCc1ccc(CC(=O)OCOC(=O)Cc2ccccc2)o1. The average molecular weight is 302 g/mol. The molecule has 5 heteroatoms. The van der Waals surface area contributed by atoms with Crippen LogP contribution < -0.4 is 0 Å². The highest BCUT2D eigenvalue weighted by Crippen LogP contribution is 2.09. The van der Waals surface area contributed by atoms with Gasteiger partial charge >= 0.3 is 11.9 Å². The maximum Gasteiger partial charge on any atom is 0.316 e. The van der Waals surface area contributed by atoms with Gasteiger partial charge in [-0.3, -0.25) is 9.59 Å². The smallest absolute Gasteiger partial charge is 0.316 e. The monoisotopic (exact) mass is 302 g/mol. The van der Waals surface area contributed by atoms with E-state index in [0.717, 1.165) is 17.7 Å². The number of furan rings is 1. The number of benzene rings is 1. The van der Waals surface area contributed by atoms with Crippen molar-refractivity contribution >= 4 is 11.9 Å². The summed E-state index contributed by atoms with van der Waals surface area (Å²) in [4.78, 5) is 23.1. The summed E-state index contributed by atoms with van der Waals surface area (Å²) >= 11 is 0. The summed E-state index contributed by atoms with van der Waals surface area (Å²) in [5.74, 6) is 0.421. The molecule has 1 heterocycles. The number of aryl methyl sites for hydroxylation is 1. The molecule has 0 bridgehead atoms. The molecule has 1 aromatic heterocycles. The Labute approximate surface area is 128 Å². The van der Waals surface area contributed by atoms with Crippen LogP contribution in [0.3, 0.4) is 0 Å². The summed E-state index contributed by atoms with van der Waals surface area (Å²) in [6.45, 7) is 1.58. The van der Waals surface area contributed by atoms with Crippen LogP contribution in [0.1, 0.15) is 24.0 Å². The normalized spacial score (nSPS) is 10.2. The molecule has 0 aliphatic carbocycles. The van der Waals surface area contributed by atoms with E-state index in [1.54, 1.807) is 6.07 Å². The molecule has 0 saturated carbocycles. The van der Waals surface area contributed by atoms with E-state index in [1.807, 2.05) is 43.3 Å². The second-order valence-corrected chi connectivity index (χ2v) is 4.71. The van der Waals surface area contributed by atoms with Crippen LogP contribution in [-0.4, -0.2) is 18.7 Å².